The van der Waals surface area contributed by atoms with E-state index in [4.69, 9.17) is 8.83 Å². The summed E-state index contributed by atoms with van der Waals surface area (Å²) in [6.07, 6.45) is 0. The molecule has 2 nitrogen and oxygen atoms in total. The molecule has 0 fully saturated rings. The Morgan fingerprint density at radius 2 is 0.938 bits per heavy atom. The first-order valence-electron chi connectivity index (χ1n) is 16.4. The van der Waals surface area contributed by atoms with E-state index in [2.05, 4.69) is 146 Å². The van der Waals surface area contributed by atoms with Crippen molar-refractivity contribution in [1.82, 2.24) is 0 Å². The van der Waals surface area contributed by atoms with Gasteiger partial charge in [0.25, 0.3) is 0 Å². The predicted molar refractivity (Wildman–Crippen MR) is 202 cm³/mol. The average molecular weight is 611 g/mol. The Morgan fingerprint density at radius 3 is 1.73 bits per heavy atom. The van der Waals surface area contributed by atoms with Gasteiger partial charge in [-0.15, -0.1) is 0 Å². The smallest absolute Gasteiger partial charge is 0.147 e. The van der Waals surface area contributed by atoms with Gasteiger partial charge in [-0.05, 0) is 95.7 Å². The summed E-state index contributed by atoms with van der Waals surface area (Å²) in [7, 11) is 0. The lowest BCUT2D eigenvalue weighted by Gasteiger charge is -2.19. The quantitative estimate of drug-likeness (QED) is 0.144. The van der Waals surface area contributed by atoms with Gasteiger partial charge < -0.3 is 8.83 Å². The van der Waals surface area contributed by atoms with Crippen LogP contribution in [0.3, 0.4) is 0 Å². The molecule has 0 aliphatic carbocycles. The maximum Gasteiger partial charge on any atom is 0.147 e. The molecule has 0 aliphatic heterocycles. The van der Waals surface area contributed by atoms with Crippen molar-refractivity contribution >= 4 is 87.0 Å². The molecule has 0 saturated carbocycles. The third kappa shape index (κ3) is 3.46. The number of hydrogen-bond donors (Lipinski definition) is 0. The lowest BCUT2D eigenvalue weighted by Crippen LogP contribution is -1.91. The summed E-state index contributed by atoms with van der Waals surface area (Å²) in [5, 5.41) is 14.3. The average Bonchev–Trinajstić information content (AvgIpc) is 3.71. The third-order valence-corrected chi connectivity index (χ3v) is 10.3. The van der Waals surface area contributed by atoms with Crippen molar-refractivity contribution in [2.45, 2.75) is 0 Å². The van der Waals surface area contributed by atoms with Gasteiger partial charge in [0.2, 0.25) is 0 Å². The summed E-state index contributed by atoms with van der Waals surface area (Å²) < 4.78 is 12.9. The second-order valence-corrected chi connectivity index (χ2v) is 12.8. The summed E-state index contributed by atoms with van der Waals surface area (Å²) in [5.74, 6) is 0. The number of para-hydroxylation sites is 1. The van der Waals surface area contributed by atoms with Crippen LogP contribution in [0, 0.1) is 0 Å². The van der Waals surface area contributed by atoms with E-state index in [-0.39, 0.29) is 0 Å². The van der Waals surface area contributed by atoms with Gasteiger partial charge in [-0.25, -0.2) is 0 Å². The Hall–Kier alpha value is -6.38. The van der Waals surface area contributed by atoms with Crippen molar-refractivity contribution in [1.29, 1.82) is 0 Å². The van der Waals surface area contributed by atoms with Crippen LogP contribution in [0.15, 0.2) is 167 Å². The molecule has 0 aliphatic rings. The van der Waals surface area contributed by atoms with Gasteiger partial charge >= 0.3 is 0 Å². The number of furan rings is 2. The van der Waals surface area contributed by atoms with Crippen molar-refractivity contribution in [2.24, 2.45) is 0 Å². The first kappa shape index (κ1) is 25.8. The molecule has 0 N–H and O–H groups in total. The largest absolute Gasteiger partial charge is 0.456 e. The molecular formula is C46H26O2. The number of rotatable bonds is 2. The van der Waals surface area contributed by atoms with Crippen molar-refractivity contribution in [2.75, 3.05) is 0 Å². The minimum atomic E-state index is 0.844. The molecule has 222 valence electrons. The van der Waals surface area contributed by atoms with Crippen LogP contribution < -0.4 is 0 Å². The van der Waals surface area contributed by atoms with E-state index in [9.17, 15) is 0 Å². The van der Waals surface area contributed by atoms with Crippen LogP contribution in [-0.4, -0.2) is 0 Å². The molecule has 2 heterocycles. The minimum absolute atomic E-state index is 0.844. The van der Waals surface area contributed by atoms with Gasteiger partial charge in [-0.3, -0.25) is 0 Å². The molecule has 0 amide bonds. The molecule has 0 atom stereocenters. The van der Waals surface area contributed by atoms with Gasteiger partial charge in [0.15, 0.2) is 0 Å². The van der Waals surface area contributed by atoms with E-state index < -0.39 is 0 Å². The lowest BCUT2D eigenvalue weighted by molar-refractivity contribution is 0.663. The second-order valence-electron chi connectivity index (χ2n) is 12.8. The highest BCUT2D eigenvalue weighted by atomic mass is 16.3. The summed E-state index contributed by atoms with van der Waals surface area (Å²) in [6, 6.07) is 56.8. The highest BCUT2D eigenvalue weighted by molar-refractivity contribution is 6.26. The zero-order valence-corrected chi connectivity index (χ0v) is 25.8. The standard InChI is InChI=1S/C46H26O2/c1-2-11-29-27(10-1)20-22-31-30(29)17-9-18-33(31)44-36-14-5-3-12-34(36)43(35-13-4-6-15-37(35)44)28-21-23-32-38-24-25-41-45(46(38)48-42(32)26-28)39-16-7-8-19-40(39)47-41/h1-26H. The Morgan fingerprint density at radius 1 is 0.312 bits per heavy atom. The lowest BCUT2D eigenvalue weighted by atomic mass is 9.84. The van der Waals surface area contributed by atoms with Crippen LogP contribution in [0.2, 0.25) is 0 Å². The maximum absolute atomic E-state index is 6.73. The van der Waals surface area contributed by atoms with Gasteiger partial charge in [0.05, 0.1) is 5.39 Å². The molecule has 2 heteroatoms. The molecule has 0 radical (unpaired) electrons. The van der Waals surface area contributed by atoms with E-state index in [1.807, 2.05) is 12.1 Å². The molecule has 2 aromatic heterocycles. The fraction of sp³-hybridized carbons (Fsp3) is 0. The van der Waals surface area contributed by atoms with E-state index in [1.165, 1.54) is 59.8 Å². The fourth-order valence-electron chi connectivity index (χ4n) is 8.19. The summed E-state index contributed by atoms with van der Waals surface area (Å²) in [4.78, 5) is 0. The van der Waals surface area contributed by atoms with Gasteiger partial charge in [-0.2, -0.15) is 0 Å². The summed E-state index contributed by atoms with van der Waals surface area (Å²) >= 11 is 0. The van der Waals surface area contributed by atoms with Crippen molar-refractivity contribution in [3.8, 4) is 22.3 Å². The molecule has 0 unspecified atom stereocenters. The van der Waals surface area contributed by atoms with Gasteiger partial charge in [0.1, 0.15) is 22.3 Å². The van der Waals surface area contributed by atoms with E-state index in [1.54, 1.807) is 0 Å². The van der Waals surface area contributed by atoms with E-state index >= 15 is 0 Å². The Kier molecular flexibility index (Phi) is 5.14. The Balaban J connectivity index is 1.21. The molecule has 0 saturated heterocycles. The number of benzene rings is 9. The first-order chi connectivity index (χ1) is 23.8. The van der Waals surface area contributed by atoms with Crippen LogP contribution in [0.4, 0.5) is 0 Å². The molecule has 0 spiro atoms. The van der Waals surface area contributed by atoms with Crippen molar-refractivity contribution in [3.05, 3.63) is 158 Å². The van der Waals surface area contributed by atoms with Gasteiger partial charge in [-0.1, -0.05) is 127 Å². The topological polar surface area (TPSA) is 26.3 Å². The minimum Gasteiger partial charge on any atom is -0.456 e. The number of fused-ring (bicyclic) bond motifs is 12. The highest BCUT2D eigenvalue weighted by Crippen LogP contribution is 2.47. The fourth-order valence-corrected chi connectivity index (χ4v) is 8.19. The SMILES string of the molecule is c1ccc2c(c1)ccc1c(-c3c4ccccc4c(-c4ccc5c(c4)oc4c5ccc5oc6ccccc6c54)c4ccccc34)cccc12. The van der Waals surface area contributed by atoms with Crippen molar-refractivity contribution < 1.29 is 8.83 Å². The molecule has 11 rings (SSSR count). The van der Waals surface area contributed by atoms with Crippen molar-refractivity contribution in [3.63, 3.8) is 0 Å². The molecule has 48 heavy (non-hydrogen) atoms. The number of hydrogen-bond acceptors (Lipinski definition) is 2. The maximum atomic E-state index is 6.73. The Bertz CT molecular complexity index is 3060. The first-order valence-corrected chi connectivity index (χ1v) is 16.4. The molecule has 0 bridgehead atoms. The van der Waals surface area contributed by atoms with Crippen LogP contribution in [0.1, 0.15) is 0 Å². The van der Waals surface area contributed by atoms with Crippen LogP contribution >= 0.6 is 0 Å². The van der Waals surface area contributed by atoms with E-state index in [0.29, 0.717) is 0 Å². The van der Waals surface area contributed by atoms with Gasteiger partial charge in [0, 0.05) is 16.2 Å². The predicted octanol–water partition coefficient (Wildman–Crippen LogP) is 13.4. The molecule has 9 aromatic carbocycles. The second kappa shape index (κ2) is 9.57. The normalized spacial score (nSPS) is 12.2. The summed E-state index contributed by atoms with van der Waals surface area (Å²) in [5.41, 5.74) is 8.34. The Labute approximate surface area is 275 Å². The molecular weight excluding hydrogens is 585 g/mol. The van der Waals surface area contributed by atoms with E-state index in [0.717, 1.165) is 49.4 Å². The summed E-state index contributed by atoms with van der Waals surface area (Å²) in [6.45, 7) is 0. The van der Waals surface area contributed by atoms with Crippen LogP contribution in [0.25, 0.3) is 109 Å². The zero-order valence-electron chi connectivity index (χ0n) is 25.8. The van der Waals surface area contributed by atoms with Crippen LogP contribution in [0.5, 0.6) is 0 Å². The van der Waals surface area contributed by atoms with Crippen LogP contribution in [-0.2, 0) is 0 Å². The molecule has 11 aromatic rings. The zero-order chi connectivity index (χ0) is 31.3. The highest BCUT2D eigenvalue weighted by Gasteiger charge is 2.20. The monoisotopic (exact) mass is 610 g/mol. The third-order valence-electron chi connectivity index (χ3n) is 10.3.